The molecule has 0 radical (unpaired) electrons. The van der Waals surface area contributed by atoms with Gasteiger partial charge in [-0.25, -0.2) is 8.42 Å². The van der Waals surface area contributed by atoms with Crippen LogP contribution in [0.3, 0.4) is 0 Å². The molecule has 2 heterocycles. The number of hydrogen-bond acceptors (Lipinski definition) is 6. The summed E-state index contributed by atoms with van der Waals surface area (Å²) in [7, 11) is -3.79. The maximum absolute atomic E-state index is 13.6. The van der Waals surface area contributed by atoms with E-state index in [1.165, 1.54) is 4.31 Å². The van der Waals surface area contributed by atoms with Crippen molar-refractivity contribution in [2.75, 3.05) is 49.6 Å². The molecule has 9 nitrogen and oxygen atoms in total. The molecule has 0 saturated carbocycles. The number of rotatable bonds is 10. The van der Waals surface area contributed by atoms with Crippen molar-refractivity contribution in [2.24, 2.45) is 11.7 Å². The second-order valence-electron chi connectivity index (χ2n) is 8.72. The van der Waals surface area contributed by atoms with Gasteiger partial charge in [0.05, 0.1) is 18.9 Å². The van der Waals surface area contributed by atoms with Crippen LogP contribution in [0.25, 0.3) is 0 Å². The zero-order valence-corrected chi connectivity index (χ0v) is 20.2. The Labute approximate surface area is 196 Å². The molecule has 2 aliphatic heterocycles. The molecule has 3 N–H and O–H groups in total. The van der Waals surface area contributed by atoms with Gasteiger partial charge in [-0.05, 0) is 37.5 Å². The Morgan fingerprint density at radius 2 is 1.79 bits per heavy atom. The Morgan fingerprint density at radius 1 is 1.09 bits per heavy atom. The summed E-state index contributed by atoms with van der Waals surface area (Å²) in [5, 5.41) is 2.86. The summed E-state index contributed by atoms with van der Waals surface area (Å²) in [6, 6.07) is 5.06. The molecule has 0 bridgehead atoms. The van der Waals surface area contributed by atoms with E-state index in [4.69, 9.17) is 10.5 Å². The normalized spacial score (nSPS) is 18.3. The molecule has 3 rings (SSSR count). The molecular formula is C23H36N4O5S. The summed E-state index contributed by atoms with van der Waals surface area (Å²) in [5.74, 6) is -0.615. The average molecular weight is 481 g/mol. The number of carbonyl (C=O) groups is 2. The van der Waals surface area contributed by atoms with E-state index in [2.05, 4.69) is 12.2 Å². The van der Waals surface area contributed by atoms with Crippen molar-refractivity contribution < 1.29 is 22.7 Å². The third kappa shape index (κ3) is 6.68. The van der Waals surface area contributed by atoms with Crippen molar-refractivity contribution in [3.05, 3.63) is 18.2 Å². The Kier molecular flexibility index (Phi) is 9.10. The van der Waals surface area contributed by atoms with E-state index in [1.807, 2.05) is 4.90 Å². The van der Waals surface area contributed by atoms with E-state index in [0.717, 1.165) is 25.7 Å². The number of primary amides is 1. The van der Waals surface area contributed by atoms with Gasteiger partial charge in [0, 0.05) is 44.2 Å². The summed E-state index contributed by atoms with van der Waals surface area (Å²) in [6.45, 7) is 4.50. The lowest BCUT2D eigenvalue weighted by molar-refractivity contribution is -0.122. The van der Waals surface area contributed by atoms with Crippen molar-refractivity contribution >= 4 is 33.2 Å². The number of anilines is 2. The molecule has 2 amide bonds. The van der Waals surface area contributed by atoms with E-state index in [-0.39, 0.29) is 22.6 Å². The van der Waals surface area contributed by atoms with Gasteiger partial charge in [0.25, 0.3) is 0 Å². The second-order valence-corrected chi connectivity index (χ2v) is 10.6. The van der Waals surface area contributed by atoms with Gasteiger partial charge >= 0.3 is 0 Å². The zero-order valence-electron chi connectivity index (χ0n) is 19.4. The predicted molar refractivity (Wildman–Crippen MR) is 128 cm³/mol. The van der Waals surface area contributed by atoms with Gasteiger partial charge in [-0.15, -0.1) is 0 Å². The highest BCUT2D eigenvalue weighted by Crippen LogP contribution is 2.34. The maximum atomic E-state index is 13.6. The lowest BCUT2D eigenvalue weighted by Crippen LogP contribution is -2.42. The lowest BCUT2D eigenvalue weighted by atomic mass is 9.96. The van der Waals surface area contributed by atoms with Crippen LogP contribution in [0.15, 0.2) is 23.1 Å². The number of ether oxygens (including phenoxy) is 1. The number of sulfonamides is 1. The van der Waals surface area contributed by atoms with Crippen molar-refractivity contribution in [1.29, 1.82) is 0 Å². The first-order valence-corrected chi connectivity index (χ1v) is 13.3. The van der Waals surface area contributed by atoms with Gasteiger partial charge in [-0.2, -0.15) is 4.31 Å². The predicted octanol–water partition coefficient (Wildman–Crippen LogP) is 2.32. The Hall–Kier alpha value is -2.17. The van der Waals surface area contributed by atoms with Crippen molar-refractivity contribution in [3.63, 3.8) is 0 Å². The number of hydrogen-bond donors (Lipinski definition) is 2. The van der Waals surface area contributed by atoms with Crippen molar-refractivity contribution in [2.45, 2.75) is 56.8 Å². The summed E-state index contributed by atoms with van der Waals surface area (Å²) >= 11 is 0. The Morgan fingerprint density at radius 3 is 2.42 bits per heavy atom. The van der Waals surface area contributed by atoms with Gasteiger partial charge in [0.1, 0.15) is 4.90 Å². The highest BCUT2D eigenvalue weighted by Gasteiger charge is 2.32. The molecule has 1 aromatic carbocycles. The van der Waals surface area contributed by atoms with Crippen LogP contribution >= 0.6 is 0 Å². The Balaban J connectivity index is 1.83. The fourth-order valence-corrected chi connectivity index (χ4v) is 5.97. The number of piperidine rings is 1. The van der Waals surface area contributed by atoms with Crippen LogP contribution < -0.4 is 16.0 Å². The van der Waals surface area contributed by atoms with Gasteiger partial charge in [0.2, 0.25) is 21.8 Å². The van der Waals surface area contributed by atoms with Crippen LogP contribution in [0.2, 0.25) is 0 Å². The van der Waals surface area contributed by atoms with Gasteiger partial charge in [-0.1, -0.05) is 26.2 Å². The van der Waals surface area contributed by atoms with E-state index >= 15 is 0 Å². The first-order chi connectivity index (χ1) is 15.8. The molecule has 0 atom stereocenters. The van der Waals surface area contributed by atoms with Crippen LogP contribution in [-0.2, 0) is 24.3 Å². The first-order valence-electron chi connectivity index (χ1n) is 11.9. The van der Waals surface area contributed by atoms with Crippen LogP contribution in [-0.4, -0.2) is 63.9 Å². The molecule has 0 unspecified atom stereocenters. The lowest BCUT2D eigenvalue weighted by Gasteiger charge is -2.35. The fourth-order valence-electron chi connectivity index (χ4n) is 4.33. The van der Waals surface area contributed by atoms with Gasteiger partial charge in [-0.3, -0.25) is 9.59 Å². The van der Waals surface area contributed by atoms with E-state index < -0.39 is 10.0 Å². The molecule has 2 fully saturated rings. The summed E-state index contributed by atoms with van der Waals surface area (Å²) in [5.41, 5.74) is 6.51. The monoisotopic (exact) mass is 480 g/mol. The number of carbonyl (C=O) groups excluding carboxylic acids is 2. The third-order valence-corrected chi connectivity index (χ3v) is 8.25. The summed E-state index contributed by atoms with van der Waals surface area (Å²) in [6.07, 6.45) is 5.59. The van der Waals surface area contributed by atoms with Crippen molar-refractivity contribution in [1.82, 2.24) is 4.31 Å². The summed E-state index contributed by atoms with van der Waals surface area (Å²) in [4.78, 5) is 26.1. The van der Waals surface area contributed by atoms with Gasteiger partial charge < -0.3 is 20.7 Å². The van der Waals surface area contributed by atoms with Crippen LogP contribution in [0, 0.1) is 5.92 Å². The number of nitrogens with zero attached hydrogens (tertiary/aromatic N) is 2. The molecule has 0 spiro atoms. The van der Waals surface area contributed by atoms with Crippen LogP contribution in [0.1, 0.15) is 51.9 Å². The molecule has 33 heavy (non-hydrogen) atoms. The number of unbranched alkanes of at least 4 members (excludes halogenated alkanes) is 3. The molecular weight excluding hydrogens is 444 g/mol. The topological polar surface area (TPSA) is 122 Å². The SMILES string of the molecule is CCCCCCC(=O)Nc1ccc(N2CCC(C(N)=O)CC2)c(S(=O)(=O)N2CCOCC2)c1. The number of benzene rings is 1. The number of nitrogens with two attached hydrogens (primary N) is 1. The van der Waals surface area contributed by atoms with Crippen molar-refractivity contribution in [3.8, 4) is 0 Å². The maximum Gasteiger partial charge on any atom is 0.245 e. The quantitative estimate of drug-likeness (QED) is 0.496. The fraction of sp³-hybridized carbons (Fsp3) is 0.652. The Bertz CT molecular complexity index is 923. The van der Waals surface area contributed by atoms with Crippen LogP contribution in [0.5, 0.6) is 0 Å². The molecule has 10 heteroatoms. The molecule has 2 saturated heterocycles. The molecule has 0 aromatic heterocycles. The van der Waals surface area contributed by atoms with E-state index in [0.29, 0.717) is 70.0 Å². The number of morpholine rings is 1. The van der Waals surface area contributed by atoms with E-state index in [1.54, 1.807) is 18.2 Å². The molecule has 1 aromatic rings. The second kappa shape index (κ2) is 11.8. The molecule has 0 aliphatic carbocycles. The first kappa shape index (κ1) is 25.5. The highest BCUT2D eigenvalue weighted by molar-refractivity contribution is 7.89. The average Bonchev–Trinajstić information content (AvgIpc) is 2.82. The highest BCUT2D eigenvalue weighted by atomic mass is 32.2. The standard InChI is InChI=1S/C23H36N4O5S/c1-2-3-4-5-6-22(28)25-19-7-8-20(26-11-9-18(10-12-26)23(24)29)21(17-19)33(30,31)27-13-15-32-16-14-27/h7-8,17-18H,2-6,9-16H2,1H3,(H2,24,29)(H,25,28). The molecule has 2 aliphatic rings. The minimum absolute atomic E-state index is 0.115. The van der Waals surface area contributed by atoms with E-state index in [9.17, 15) is 18.0 Å². The number of nitrogens with one attached hydrogen (secondary N) is 1. The number of amides is 2. The van der Waals surface area contributed by atoms with Gasteiger partial charge in [0.15, 0.2) is 0 Å². The molecule has 184 valence electrons. The minimum Gasteiger partial charge on any atom is -0.379 e. The summed E-state index contributed by atoms with van der Waals surface area (Å²) < 4.78 is 33.9. The van der Waals surface area contributed by atoms with Crippen LogP contribution in [0.4, 0.5) is 11.4 Å². The zero-order chi connectivity index (χ0) is 23.8. The minimum atomic E-state index is -3.79. The largest absolute Gasteiger partial charge is 0.379 e. The third-order valence-electron chi connectivity index (χ3n) is 6.33. The smallest absolute Gasteiger partial charge is 0.245 e.